The second-order valence-electron chi connectivity index (χ2n) is 24.4. The molecule has 0 amide bonds. The molecule has 1 aliphatic carbocycles. The van der Waals surface area contributed by atoms with Crippen LogP contribution >= 0.6 is 0 Å². The van der Waals surface area contributed by atoms with Crippen molar-refractivity contribution in [2.45, 2.75) is 0 Å². The van der Waals surface area contributed by atoms with Crippen molar-refractivity contribution in [3.05, 3.63) is 315 Å². The number of hydrogen-bond acceptors (Lipinski definition) is 2. The highest BCUT2D eigenvalue weighted by Gasteiger charge is 2.30. The molecule has 0 fully saturated rings. The van der Waals surface area contributed by atoms with Crippen molar-refractivity contribution in [3.63, 3.8) is 0 Å². The van der Waals surface area contributed by atoms with Crippen LogP contribution in [0.1, 0.15) is 0 Å². The molecule has 92 heavy (non-hydrogen) atoms. The Morgan fingerprint density at radius 2 is 0.565 bits per heavy atom. The largest absolute Gasteiger partial charge is 0.309 e. The fraction of sp³-hybridized carbons (Fsp3) is 0. The molecule has 20 rings (SSSR count). The summed E-state index contributed by atoms with van der Waals surface area (Å²) in [5, 5.41) is 12.2. The zero-order chi connectivity index (χ0) is 60.1. The second-order valence-corrected chi connectivity index (χ2v) is 24.4. The lowest BCUT2D eigenvalue weighted by molar-refractivity contribution is 1.17. The average molecular weight is 1170 g/mol. The van der Waals surface area contributed by atoms with E-state index in [-0.39, 0.29) is 0 Å². The summed E-state index contributed by atoms with van der Waals surface area (Å²) in [6.45, 7) is 0. The molecule has 0 saturated heterocycles. The van der Waals surface area contributed by atoms with Crippen LogP contribution in [0, 0.1) is 0 Å². The third-order valence-corrected chi connectivity index (χ3v) is 19.5. The van der Waals surface area contributed by atoms with Gasteiger partial charge in [0.1, 0.15) is 0 Å². The molecular formula is C86H52N6. The van der Waals surface area contributed by atoms with E-state index < -0.39 is 0 Å². The molecule has 0 radical (unpaired) electrons. The molecule has 0 saturated carbocycles. The maximum absolute atomic E-state index is 5.59. The van der Waals surface area contributed by atoms with Crippen LogP contribution in [0.2, 0.25) is 0 Å². The Morgan fingerprint density at radius 3 is 1.03 bits per heavy atom. The SMILES string of the molecule is c1ccc(-c2nc(-c3ccc(-n4c5ccccc5c5cc(-c6ccc7c(c6)c6ccccc6n7-c6ccccc6)ccc54)cc3)nc3c2-c2ccc(-n4c5ccccc5c5cc(-c6ccc7c(c6)c6ccccc6n7-c6ccccc6)ccc54)c4cccc-3c24)cc1. The monoisotopic (exact) mass is 1170 g/mol. The maximum Gasteiger partial charge on any atom is 0.160 e. The van der Waals surface area contributed by atoms with Crippen molar-refractivity contribution in [1.29, 1.82) is 0 Å². The molecule has 426 valence electrons. The van der Waals surface area contributed by atoms with E-state index in [1.165, 1.54) is 98.2 Å². The lowest BCUT2D eigenvalue weighted by atomic mass is 9.98. The van der Waals surface area contributed by atoms with E-state index in [1.54, 1.807) is 0 Å². The van der Waals surface area contributed by atoms with Gasteiger partial charge < -0.3 is 18.3 Å². The Morgan fingerprint density at radius 1 is 0.207 bits per heavy atom. The third-order valence-electron chi connectivity index (χ3n) is 19.5. The Hall–Kier alpha value is -12.4. The summed E-state index contributed by atoms with van der Waals surface area (Å²) < 4.78 is 9.62. The minimum Gasteiger partial charge on any atom is -0.309 e. The van der Waals surface area contributed by atoms with Crippen LogP contribution in [0.15, 0.2) is 315 Å². The summed E-state index contributed by atoms with van der Waals surface area (Å²) in [4.78, 5) is 11.1. The molecule has 14 aromatic carbocycles. The van der Waals surface area contributed by atoms with Gasteiger partial charge in [-0.05, 0) is 155 Å². The summed E-state index contributed by atoms with van der Waals surface area (Å²) in [7, 11) is 0. The van der Waals surface area contributed by atoms with E-state index in [2.05, 4.69) is 334 Å². The Balaban J connectivity index is 0.681. The first-order valence-corrected chi connectivity index (χ1v) is 31.5. The molecule has 1 aliphatic rings. The fourth-order valence-corrected chi connectivity index (χ4v) is 15.5. The van der Waals surface area contributed by atoms with Gasteiger partial charge in [0.05, 0.1) is 61.2 Å². The average Bonchev–Trinajstić information content (AvgIpc) is 1.63. The summed E-state index contributed by atoms with van der Waals surface area (Å²) >= 11 is 0. The van der Waals surface area contributed by atoms with Crippen molar-refractivity contribution < 1.29 is 0 Å². The molecule has 0 atom stereocenters. The van der Waals surface area contributed by atoms with E-state index in [0.717, 1.165) is 84.0 Å². The minimum absolute atomic E-state index is 0.689. The normalized spacial score (nSPS) is 12.1. The summed E-state index contributed by atoms with van der Waals surface area (Å²) in [6.07, 6.45) is 0. The van der Waals surface area contributed by atoms with Gasteiger partial charge in [0.15, 0.2) is 5.82 Å². The smallest absolute Gasteiger partial charge is 0.160 e. The van der Waals surface area contributed by atoms with Crippen LogP contribution in [0.5, 0.6) is 0 Å². The van der Waals surface area contributed by atoms with Gasteiger partial charge in [0, 0.05) is 93.2 Å². The number of rotatable bonds is 8. The first-order valence-electron chi connectivity index (χ1n) is 31.5. The van der Waals surface area contributed by atoms with Crippen molar-refractivity contribution in [3.8, 4) is 90.0 Å². The van der Waals surface area contributed by atoms with Crippen molar-refractivity contribution in [1.82, 2.24) is 28.2 Å². The van der Waals surface area contributed by atoms with E-state index in [4.69, 9.17) is 9.97 Å². The Labute approximate surface area is 528 Å². The van der Waals surface area contributed by atoms with E-state index in [0.29, 0.717) is 5.82 Å². The van der Waals surface area contributed by atoms with Crippen molar-refractivity contribution >= 4 is 98.0 Å². The van der Waals surface area contributed by atoms with Gasteiger partial charge in [-0.25, -0.2) is 9.97 Å². The zero-order valence-corrected chi connectivity index (χ0v) is 49.7. The summed E-state index contributed by atoms with van der Waals surface area (Å²) in [5.41, 5.74) is 25.9. The Kier molecular flexibility index (Phi) is 10.8. The van der Waals surface area contributed by atoms with E-state index in [9.17, 15) is 0 Å². The fourth-order valence-electron chi connectivity index (χ4n) is 15.5. The van der Waals surface area contributed by atoms with Crippen molar-refractivity contribution in [2.24, 2.45) is 0 Å². The van der Waals surface area contributed by atoms with Gasteiger partial charge in [0.25, 0.3) is 0 Å². The van der Waals surface area contributed by atoms with Gasteiger partial charge in [-0.15, -0.1) is 0 Å². The van der Waals surface area contributed by atoms with Crippen LogP contribution in [0.25, 0.3) is 188 Å². The number of nitrogens with zero attached hydrogens (tertiary/aromatic N) is 6. The molecule has 0 aliphatic heterocycles. The number of fused-ring (bicyclic) bond motifs is 15. The van der Waals surface area contributed by atoms with E-state index in [1.807, 2.05) is 0 Å². The van der Waals surface area contributed by atoms with Crippen LogP contribution in [0.3, 0.4) is 0 Å². The highest BCUT2D eigenvalue weighted by molar-refractivity contribution is 6.21. The molecule has 0 unspecified atom stereocenters. The van der Waals surface area contributed by atoms with Gasteiger partial charge in [-0.2, -0.15) is 0 Å². The lowest BCUT2D eigenvalue weighted by Crippen LogP contribution is -1.98. The molecule has 6 nitrogen and oxygen atoms in total. The van der Waals surface area contributed by atoms with Crippen molar-refractivity contribution in [2.75, 3.05) is 0 Å². The number of para-hydroxylation sites is 6. The first-order chi connectivity index (χ1) is 45.6. The standard InChI is InChI=1S/C86H52N6/c1-4-19-53(20-5-1)84-83-67-43-48-77(92-76-34-17-13-28-65(76)72-52-58(40-47-81(72)92)57-38-45-79-70(50-57)63-26-11-15-32-74(63)90(79)60-23-8-3-9-24-60)66-29-18-30-68(82(66)67)85(83)88-86(87-84)54-35-41-61(42-36-54)91-75-33-16-12-27-64(75)71-51-56(39-46-80(71)91)55-37-44-78-69(49-55)62-25-10-14-31-73(62)89(78)59-21-6-2-7-22-59/h1-52H. The van der Waals surface area contributed by atoms with Crippen LogP contribution in [-0.4, -0.2) is 28.2 Å². The predicted octanol–water partition coefficient (Wildman–Crippen LogP) is 22.3. The Bertz CT molecular complexity index is 6280. The van der Waals surface area contributed by atoms with Gasteiger partial charge in [-0.1, -0.05) is 188 Å². The highest BCUT2D eigenvalue weighted by atomic mass is 15.0. The molecule has 5 heterocycles. The van der Waals surface area contributed by atoms with E-state index >= 15 is 0 Å². The highest BCUT2D eigenvalue weighted by Crippen LogP contribution is 2.52. The van der Waals surface area contributed by atoms with Crippen LogP contribution in [0.4, 0.5) is 0 Å². The topological polar surface area (TPSA) is 45.5 Å². The summed E-state index contributed by atoms with van der Waals surface area (Å²) in [5.74, 6) is 0.689. The lowest BCUT2D eigenvalue weighted by Gasteiger charge is -2.14. The minimum atomic E-state index is 0.689. The van der Waals surface area contributed by atoms with Gasteiger partial charge >= 0.3 is 0 Å². The molecule has 19 aromatic rings. The summed E-state index contributed by atoms with van der Waals surface area (Å²) in [6, 6.07) is 115. The second kappa shape index (κ2) is 19.6. The molecule has 0 bridgehead atoms. The van der Waals surface area contributed by atoms with Gasteiger partial charge in [0.2, 0.25) is 0 Å². The first kappa shape index (κ1) is 50.6. The molecule has 0 spiro atoms. The number of aromatic nitrogens is 6. The molecule has 0 N–H and O–H groups in total. The van der Waals surface area contributed by atoms with Crippen LogP contribution in [-0.2, 0) is 0 Å². The predicted molar refractivity (Wildman–Crippen MR) is 383 cm³/mol. The van der Waals surface area contributed by atoms with Gasteiger partial charge in [-0.3, -0.25) is 0 Å². The number of benzene rings is 14. The zero-order valence-electron chi connectivity index (χ0n) is 49.7. The molecule has 5 aromatic heterocycles. The number of hydrogen-bond donors (Lipinski definition) is 0. The van der Waals surface area contributed by atoms with Crippen LogP contribution < -0.4 is 0 Å². The quantitative estimate of drug-likeness (QED) is 0.152. The molecule has 6 heteroatoms. The maximum atomic E-state index is 5.59. The molecular weight excluding hydrogens is 1120 g/mol. The third kappa shape index (κ3) is 7.37.